The second-order valence-corrected chi connectivity index (χ2v) is 13.0. The van der Waals surface area contributed by atoms with Gasteiger partial charge in [-0.15, -0.1) is 0 Å². The van der Waals surface area contributed by atoms with Crippen LogP contribution in [0.1, 0.15) is 83.0 Å². The number of ether oxygens (including phenoxy) is 1. The zero-order valence-corrected chi connectivity index (χ0v) is 25.6. The number of aromatic nitrogens is 2. The van der Waals surface area contributed by atoms with E-state index < -0.39 is 0 Å². The van der Waals surface area contributed by atoms with E-state index in [1.54, 1.807) is 37.4 Å². The fourth-order valence-corrected chi connectivity index (χ4v) is 6.87. The summed E-state index contributed by atoms with van der Waals surface area (Å²) < 4.78 is 5.68. The molecule has 0 unspecified atom stereocenters. The highest BCUT2D eigenvalue weighted by Gasteiger charge is 2.43. The lowest BCUT2D eigenvalue weighted by atomic mass is 9.77. The first-order valence-corrected chi connectivity index (χ1v) is 14.8. The summed E-state index contributed by atoms with van der Waals surface area (Å²) in [4.78, 5) is 41.7. The van der Waals surface area contributed by atoms with Gasteiger partial charge in [0, 0.05) is 48.7 Å². The lowest BCUT2D eigenvalue weighted by molar-refractivity contribution is -0.118. The first kappa shape index (κ1) is 29.1. The second kappa shape index (κ2) is 11.1. The minimum absolute atomic E-state index is 0.0194. The normalized spacial score (nSPS) is 21.4. The number of amides is 2. The van der Waals surface area contributed by atoms with Gasteiger partial charge in [0.25, 0.3) is 5.91 Å². The Morgan fingerprint density at radius 3 is 2.41 bits per heavy atom. The molecule has 3 heterocycles. The van der Waals surface area contributed by atoms with Crippen molar-refractivity contribution in [2.24, 2.45) is 0 Å². The first-order chi connectivity index (χ1) is 19.4. The van der Waals surface area contributed by atoms with Gasteiger partial charge < -0.3 is 25.2 Å². The van der Waals surface area contributed by atoms with E-state index in [1.165, 1.54) is 12.8 Å². The van der Waals surface area contributed by atoms with E-state index >= 15 is 0 Å². The summed E-state index contributed by atoms with van der Waals surface area (Å²) in [6.45, 7) is 9.55. The van der Waals surface area contributed by atoms with Crippen LogP contribution in [0.25, 0.3) is 0 Å². The number of carbonyl (C=O) groups excluding carboxylic acids is 2. The van der Waals surface area contributed by atoms with Crippen LogP contribution < -0.4 is 25.2 Å². The third kappa shape index (κ3) is 5.84. The molecule has 2 fully saturated rings. The topological polar surface area (TPSA) is 103 Å². The molecule has 2 amide bonds. The van der Waals surface area contributed by atoms with Crippen molar-refractivity contribution in [2.75, 3.05) is 42.9 Å². The molecule has 222 valence electrons. The smallest absolute Gasteiger partial charge is 0.251 e. The molecule has 10 heteroatoms. The molecule has 5 rings (SSSR count). The quantitative estimate of drug-likeness (QED) is 0.520. The Morgan fingerprint density at radius 2 is 1.76 bits per heavy atom. The molecule has 0 spiro atoms. The van der Waals surface area contributed by atoms with E-state index in [4.69, 9.17) is 9.72 Å². The van der Waals surface area contributed by atoms with E-state index in [1.807, 2.05) is 6.07 Å². The number of hydrogen-bond acceptors (Lipinski definition) is 8. The monoisotopic (exact) mass is 563 g/mol. The van der Waals surface area contributed by atoms with Gasteiger partial charge >= 0.3 is 0 Å². The van der Waals surface area contributed by atoms with Crippen LogP contribution in [-0.4, -0.2) is 77.6 Å². The molecule has 2 aliphatic heterocycles. The molecule has 41 heavy (non-hydrogen) atoms. The van der Waals surface area contributed by atoms with Gasteiger partial charge in [0.2, 0.25) is 11.9 Å². The molecule has 2 N–H and O–H groups in total. The lowest BCUT2D eigenvalue weighted by Gasteiger charge is -2.53. The van der Waals surface area contributed by atoms with Crippen LogP contribution in [0.3, 0.4) is 0 Å². The van der Waals surface area contributed by atoms with Crippen LogP contribution in [0.15, 0.2) is 24.4 Å². The standard InChI is InChI=1S/C31H45N7O3/c1-30(2)17-21(18-31(3,4)37(30)6)33-28(40)20-12-13-23(25(16-20)41-7)34-29-32-19-24-27(35-29)38(22-10-8-9-11-22)15-14-26(39)36(24)5/h12-13,16,19,21-22H,8-11,14-15,17-18H2,1-7H3,(H,33,40)(H,32,34,35). The number of fused-ring (bicyclic) bond motifs is 1. The van der Waals surface area contributed by atoms with Gasteiger partial charge in [0.15, 0.2) is 5.82 Å². The van der Waals surface area contributed by atoms with E-state index in [9.17, 15) is 9.59 Å². The SMILES string of the molecule is COc1cc(C(=O)NC2CC(C)(C)N(C)C(C)(C)C2)ccc1Nc1ncc2c(n1)N(C1CCCC1)CCC(=O)N2C. The van der Waals surface area contributed by atoms with Gasteiger partial charge in [-0.25, -0.2) is 4.98 Å². The molecular formula is C31H45N7O3. The van der Waals surface area contributed by atoms with Crippen molar-refractivity contribution < 1.29 is 14.3 Å². The number of methoxy groups -OCH3 is 1. The number of likely N-dealkylation sites (tertiary alicyclic amines) is 1. The number of nitrogens with one attached hydrogen (secondary N) is 2. The minimum atomic E-state index is -0.114. The third-order valence-corrected chi connectivity index (χ3v) is 9.44. The van der Waals surface area contributed by atoms with Crippen LogP contribution in [0.5, 0.6) is 5.75 Å². The van der Waals surface area contributed by atoms with Crippen molar-refractivity contribution in [1.82, 2.24) is 20.2 Å². The predicted octanol–water partition coefficient (Wildman–Crippen LogP) is 4.73. The van der Waals surface area contributed by atoms with Crippen molar-refractivity contribution in [3.8, 4) is 5.75 Å². The molecule has 3 aliphatic rings. The Morgan fingerprint density at radius 1 is 1.07 bits per heavy atom. The zero-order chi connectivity index (χ0) is 29.5. The van der Waals surface area contributed by atoms with Gasteiger partial charge in [0.05, 0.1) is 19.0 Å². The maximum absolute atomic E-state index is 13.3. The highest BCUT2D eigenvalue weighted by atomic mass is 16.5. The molecule has 1 aromatic heterocycles. The molecule has 10 nitrogen and oxygen atoms in total. The molecule has 2 aromatic rings. The Kier molecular flexibility index (Phi) is 7.89. The van der Waals surface area contributed by atoms with Crippen molar-refractivity contribution in [3.05, 3.63) is 30.0 Å². The van der Waals surface area contributed by atoms with Crippen LogP contribution in [0, 0.1) is 0 Å². The van der Waals surface area contributed by atoms with Crippen molar-refractivity contribution in [2.45, 2.75) is 95.8 Å². The summed E-state index contributed by atoms with van der Waals surface area (Å²) >= 11 is 0. The number of rotatable bonds is 6. The summed E-state index contributed by atoms with van der Waals surface area (Å²) in [7, 11) is 5.53. The van der Waals surface area contributed by atoms with Gasteiger partial charge in [-0.2, -0.15) is 4.98 Å². The number of benzene rings is 1. The molecule has 1 aromatic carbocycles. The van der Waals surface area contributed by atoms with Gasteiger partial charge in [-0.3, -0.25) is 14.5 Å². The summed E-state index contributed by atoms with van der Waals surface area (Å²) in [6, 6.07) is 5.84. The van der Waals surface area contributed by atoms with E-state index in [2.05, 4.69) is 60.2 Å². The Hall–Kier alpha value is -3.40. The summed E-state index contributed by atoms with van der Waals surface area (Å²) in [5.41, 5.74) is 1.89. The molecule has 0 atom stereocenters. The summed E-state index contributed by atoms with van der Waals surface area (Å²) in [5.74, 6) is 1.68. The van der Waals surface area contributed by atoms with Gasteiger partial charge in [0.1, 0.15) is 11.4 Å². The molecule has 0 radical (unpaired) electrons. The third-order valence-electron chi connectivity index (χ3n) is 9.44. The highest BCUT2D eigenvalue weighted by Crippen LogP contribution is 2.38. The van der Waals surface area contributed by atoms with Crippen molar-refractivity contribution in [1.29, 1.82) is 0 Å². The lowest BCUT2D eigenvalue weighted by Crippen LogP contribution is -2.62. The van der Waals surface area contributed by atoms with Gasteiger partial charge in [-0.1, -0.05) is 12.8 Å². The molecule has 1 aliphatic carbocycles. The average molecular weight is 564 g/mol. The number of piperidine rings is 1. The van der Waals surface area contributed by atoms with Crippen molar-refractivity contribution in [3.63, 3.8) is 0 Å². The number of hydrogen-bond donors (Lipinski definition) is 2. The van der Waals surface area contributed by atoms with Crippen LogP contribution in [-0.2, 0) is 4.79 Å². The largest absolute Gasteiger partial charge is 0.495 e. The van der Waals surface area contributed by atoms with Crippen LogP contribution in [0.4, 0.5) is 23.1 Å². The summed E-state index contributed by atoms with van der Waals surface area (Å²) in [5, 5.41) is 6.55. The second-order valence-electron chi connectivity index (χ2n) is 13.0. The Bertz CT molecular complexity index is 1290. The highest BCUT2D eigenvalue weighted by molar-refractivity contribution is 5.97. The minimum Gasteiger partial charge on any atom is -0.495 e. The van der Waals surface area contributed by atoms with Gasteiger partial charge in [-0.05, 0) is 78.6 Å². The fourth-order valence-electron chi connectivity index (χ4n) is 6.87. The van der Waals surface area contributed by atoms with Crippen molar-refractivity contribution >= 4 is 35.0 Å². The Labute approximate surface area is 243 Å². The van der Waals surface area contributed by atoms with E-state index in [-0.39, 0.29) is 28.9 Å². The maximum atomic E-state index is 13.3. The predicted molar refractivity (Wildman–Crippen MR) is 162 cm³/mol. The molecule has 1 saturated carbocycles. The number of anilines is 4. The molecular weight excluding hydrogens is 518 g/mol. The summed E-state index contributed by atoms with van der Waals surface area (Å²) in [6.07, 6.45) is 8.53. The Balaban J connectivity index is 1.35. The fraction of sp³-hybridized carbons (Fsp3) is 0.613. The zero-order valence-electron chi connectivity index (χ0n) is 25.6. The number of carbonyl (C=O) groups is 2. The number of nitrogens with zero attached hydrogens (tertiary/aromatic N) is 5. The van der Waals surface area contributed by atoms with Crippen LogP contribution >= 0.6 is 0 Å². The molecule has 0 bridgehead atoms. The average Bonchev–Trinajstić information content (AvgIpc) is 3.42. The van der Waals surface area contributed by atoms with Crippen LogP contribution in [0.2, 0.25) is 0 Å². The van der Waals surface area contributed by atoms with E-state index in [0.29, 0.717) is 42.0 Å². The molecule has 1 saturated heterocycles. The maximum Gasteiger partial charge on any atom is 0.251 e. The first-order valence-electron chi connectivity index (χ1n) is 14.8. The van der Waals surface area contributed by atoms with E-state index in [0.717, 1.165) is 37.2 Å².